The highest BCUT2D eigenvalue weighted by molar-refractivity contribution is 6.44. The quantitative estimate of drug-likeness (QED) is 0.255. The van der Waals surface area contributed by atoms with E-state index >= 15 is 0 Å². The number of oxazole rings is 1. The van der Waals surface area contributed by atoms with E-state index in [4.69, 9.17) is 49.1 Å². The number of anilines is 1. The first-order valence-corrected chi connectivity index (χ1v) is 10.2. The minimum atomic E-state index is -0.978. The Balaban J connectivity index is 1.54. The Bertz CT molecular complexity index is 1240. The number of benzene rings is 2. The number of rotatable bonds is 7. The molecule has 0 saturated heterocycles. The first-order valence-electron chi connectivity index (χ1n) is 9.04. The number of aromatic nitrogens is 1. The van der Waals surface area contributed by atoms with Gasteiger partial charge in [0.15, 0.2) is 0 Å². The molecule has 0 bridgehead atoms. The van der Waals surface area contributed by atoms with Gasteiger partial charge in [0, 0.05) is 5.02 Å². The molecule has 10 heteroatoms. The maximum Gasteiger partial charge on any atom is 0.335 e. The molecule has 0 unspecified atom stereocenters. The van der Waals surface area contributed by atoms with E-state index in [2.05, 4.69) is 22.1 Å². The molecule has 32 heavy (non-hydrogen) atoms. The zero-order chi connectivity index (χ0) is 23.1. The number of nitrogens with zero attached hydrogens (tertiary/aromatic N) is 2. The average molecular weight is 491 g/mol. The summed E-state index contributed by atoms with van der Waals surface area (Å²) in [7, 11) is 0. The molecular weight excluding hydrogens is 477 g/mol. The molecule has 0 saturated carbocycles. The van der Waals surface area contributed by atoms with Gasteiger partial charge < -0.3 is 19.6 Å². The van der Waals surface area contributed by atoms with E-state index in [1.807, 2.05) is 6.07 Å². The Morgan fingerprint density at radius 2 is 1.94 bits per heavy atom. The minimum Gasteiger partial charge on any atom is -0.478 e. The Kier molecular flexibility index (Phi) is 7.99. The van der Waals surface area contributed by atoms with Crippen molar-refractivity contribution in [1.82, 2.24) is 4.98 Å². The molecule has 0 fully saturated rings. The van der Waals surface area contributed by atoms with Crippen molar-refractivity contribution in [1.29, 1.82) is 5.26 Å². The van der Waals surface area contributed by atoms with E-state index in [1.54, 1.807) is 18.2 Å². The van der Waals surface area contributed by atoms with E-state index < -0.39 is 5.97 Å². The molecule has 0 aliphatic heterocycles. The summed E-state index contributed by atoms with van der Waals surface area (Å²) in [6, 6.07) is 11.4. The number of carboxylic acid groups (broad SMARTS) is 1. The lowest BCUT2D eigenvalue weighted by atomic mass is 10.1. The van der Waals surface area contributed by atoms with Crippen LogP contribution < -0.4 is 5.32 Å². The Hall–Kier alpha value is -3.20. The smallest absolute Gasteiger partial charge is 0.335 e. The highest BCUT2D eigenvalue weighted by Crippen LogP contribution is 2.37. The number of carbonyl (C=O) groups is 1. The highest BCUT2D eigenvalue weighted by Gasteiger charge is 2.18. The summed E-state index contributed by atoms with van der Waals surface area (Å²) in [6.07, 6.45) is 0. The lowest BCUT2D eigenvalue weighted by molar-refractivity contribution is 0.0696. The summed E-state index contributed by atoms with van der Waals surface area (Å²) in [5, 5.41) is 21.9. The molecule has 0 amide bonds. The maximum atomic E-state index is 10.8. The molecule has 0 radical (unpaired) electrons. The van der Waals surface area contributed by atoms with Gasteiger partial charge in [0.05, 0.1) is 34.3 Å². The maximum absolute atomic E-state index is 10.8. The second-order valence-electron chi connectivity index (χ2n) is 6.26. The number of nitrogens with one attached hydrogen (secondary N) is 1. The van der Waals surface area contributed by atoms with Crippen molar-refractivity contribution in [2.24, 2.45) is 0 Å². The monoisotopic (exact) mass is 489 g/mol. The van der Waals surface area contributed by atoms with Crippen molar-refractivity contribution in [3.63, 3.8) is 0 Å². The number of carboxylic acids is 1. The van der Waals surface area contributed by atoms with E-state index in [0.29, 0.717) is 17.2 Å². The molecule has 1 aromatic heterocycles. The van der Waals surface area contributed by atoms with Crippen molar-refractivity contribution in [3.05, 3.63) is 68.3 Å². The SMILES string of the molecule is N#Cc1nc(-c2cc(Cl)cc(Cl)c2Cl)oc1NCC#CCOCc1ccc(C(=O)O)cc1. The van der Waals surface area contributed by atoms with Crippen LogP contribution in [0.15, 0.2) is 40.8 Å². The third-order valence-corrected chi connectivity index (χ3v) is 5.08. The zero-order valence-corrected chi connectivity index (χ0v) is 18.6. The predicted molar refractivity (Wildman–Crippen MR) is 121 cm³/mol. The first-order chi connectivity index (χ1) is 15.4. The van der Waals surface area contributed by atoms with Crippen molar-refractivity contribution < 1.29 is 19.1 Å². The van der Waals surface area contributed by atoms with Crippen molar-refractivity contribution in [2.45, 2.75) is 6.61 Å². The van der Waals surface area contributed by atoms with Crippen LogP contribution in [0.1, 0.15) is 21.6 Å². The van der Waals surface area contributed by atoms with Crippen molar-refractivity contribution in [2.75, 3.05) is 18.5 Å². The molecule has 3 aromatic rings. The number of halogens is 3. The van der Waals surface area contributed by atoms with Gasteiger partial charge in [-0.15, -0.1) is 0 Å². The molecular formula is C22H14Cl3N3O4. The summed E-state index contributed by atoms with van der Waals surface area (Å²) >= 11 is 18.2. The van der Waals surface area contributed by atoms with Gasteiger partial charge in [-0.25, -0.2) is 4.79 Å². The number of hydrogen-bond acceptors (Lipinski definition) is 6. The number of ether oxygens (including phenoxy) is 1. The van der Waals surface area contributed by atoms with Crippen LogP contribution in [0.5, 0.6) is 0 Å². The second kappa shape index (κ2) is 10.9. The Labute approximate surface area is 198 Å². The fraction of sp³-hybridized carbons (Fsp3) is 0.136. The normalized spacial score (nSPS) is 10.2. The van der Waals surface area contributed by atoms with Crippen LogP contribution in [0.3, 0.4) is 0 Å². The fourth-order valence-corrected chi connectivity index (χ4v) is 3.23. The number of aromatic carboxylic acids is 1. The molecule has 162 valence electrons. The molecule has 0 aliphatic carbocycles. The average Bonchev–Trinajstić information content (AvgIpc) is 3.18. The van der Waals surface area contributed by atoms with Crippen LogP contribution in [0.2, 0.25) is 15.1 Å². The highest BCUT2D eigenvalue weighted by atomic mass is 35.5. The van der Waals surface area contributed by atoms with Gasteiger partial charge in [0.1, 0.15) is 12.7 Å². The lowest BCUT2D eigenvalue weighted by Crippen LogP contribution is -2.00. The topological polar surface area (TPSA) is 108 Å². The second-order valence-corrected chi connectivity index (χ2v) is 7.48. The molecule has 2 N–H and O–H groups in total. The largest absolute Gasteiger partial charge is 0.478 e. The summed E-state index contributed by atoms with van der Waals surface area (Å²) in [4.78, 5) is 15.0. The van der Waals surface area contributed by atoms with Crippen LogP contribution in [0.4, 0.5) is 5.88 Å². The van der Waals surface area contributed by atoms with E-state index in [9.17, 15) is 10.1 Å². The van der Waals surface area contributed by atoms with Gasteiger partial charge in [-0.2, -0.15) is 10.2 Å². The number of hydrogen-bond donors (Lipinski definition) is 2. The molecule has 0 aliphatic rings. The summed E-state index contributed by atoms with van der Waals surface area (Å²) in [5.41, 5.74) is 1.45. The van der Waals surface area contributed by atoms with E-state index in [1.165, 1.54) is 18.2 Å². The van der Waals surface area contributed by atoms with Gasteiger partial charge in [0.25, 0.3) is 0 Å². The van der Waals surface area contributed by atoms with Crippen molar-refractivity contribution in [3.8, 4) is 29.4 Å². The van der Waals surface area contributed by atoms with E-state index in [0.717, 1.165) is 5.56 Å². The van der Waals surface area contributed by atoms with Gasteiger partial charge >= 0.3 is 5.97 Å². The summed E-state index contributed by atoms with van der Waals surface area (Å²) in [5.74, 6) is 4.94. The van der Waals surface area contributed by atoms with Gasteiger partial charge in [-0.05, 0) is 29.8 Å². The van der Waals surface area contributed by atoms with Crippen LogP contribution >= 0.6 is 34.8 Å². The van der Waals surface area contributed by atoms with E-state index in [-0.39, 0.29) is 46.2 Å². The predicted octanol–water partition coefficient (Wildman–Crippen LogP) is 5.50. The molecule has 3 rings (SSSR count). The van der Waals surface area contributed by atoms with Gasteiger partial charge in [0.2, 0.25) is 17.5 Å². The summed E-state index contributed by atoms with van der Waals surface area (Å²) in [6.45, 7) is 0.658. The third kappa shape index (κ3) is 5.94. The fourth-order valence-electron chi connectivity index (χ4n) is 2.54. The number of nitriles is 1. The summed E-state index contributed by atoms with van der Waals surface area (Å²) < 4.78 is 11.0. The van der Waals surface area contributed by atoms with Crippen LogP contribution in [0.25, 0.3) is 11.5 Å². The third-order valence-electron chi connectivity index (χ3n) is 4.06. The van der Waals surface area contributed by atoms with Gasteiger partial charge in [-0.3, -0.25) is 0 Å². The minimum absolute atomic E-state index is 0.0371. The molecule has 0 spiro atoms. The van der Waals surface area contributed by atoms with Crippen LogP contribution in [-0.4, -0.2) is 29.2 Å². The molecule has 7 nitrogen and oxygen atoms in total. The van der Waals surface area contributed by atoms with Crippen molar-refractivity contribution >= 4 is 46.7 Å². The lowest BCUT2D eigenvalue weighted by Gasteiger charge is -2.03. The Morgan fingerprint density at radius 1 is 1.19 bits per heavy atom. The molecule has 2 aromatic carbocycles. The molecule has 1 heterocycles. The zero-order valence-electron chi connectivity index (χ0n) is 16.3. The van der Waals surface area contributed by atoms with Gasteiger partial charge in [-0.1, -0.05) is 58.8 Å². The first kappa shape index (κ1) is 23.5. The van der Waals surface area contributed by atoms with Crippen LogP contribution in [-0.2, 0) is 11.3 Å². The van der Waals surface area contributed by atoms with Crippen LogP contribution in [0, 0.1) is 23.2 Å². The Morgan fingerprint density at radius 3 is 2.62 bits per heavy atom. The standard InChI is InChI=1S/C22H14Cl3N3O4/c23-15-9-16(19(25)17(24)10-15)20-28-18(11-26)21(32-20)27-7-1-2-8-31-12-13-3-5-14(6-4-13)22(29)30/h3-6,9-10,27H,7-8,12H2,(H,29,30). The molecule has 0 atom stereocenters.